The van der Waals surface area contributed by atoms with Crippen LogP contribution in [0.2, 0.25) is 0 Å². The van der Waals surface area contributed by atoms with Crippen molar-refractivity contribution in [1.29, 1.82) is 0 Å². The molecular weight excluding hydrogens is 136 g/mol. The molecule has 0 radical (unpaired) electrons. The molecule has 0 aromatic heterocycles. The fourth-order valence-electron chi connectivity index (χ4n) is 0.145. The lowest BCUT2D eigenvalue weighted by molar-refractivity contribution is 0.313. The first-order valence-electron chi connectivity index (χ1n) is 2.43. The molecule has 0 fully saturated rings. The van der Waals surface area contributed by atoms with Crippen LogP contribution in [0.5, 0.6) is 0 Å². The predicted octanol–water partition coefficient (Wildman–Crippen LogP) is -0.495. The van der Waals surface area contributed by atoms with Gasteiger partial charge >= 0.3 is 0 Å². The van der Waals surface area contributed by atoms with Crippen LogP contribution in [0.1, 0.15) is 13.8 Å². The Morgan fingerprint density at radius 1 is 1.00 bits per heavy atom. The predicted molar refractivity (Wildman–Crippen MR) is 38.2 cm³/mol. The van der Waals surface area contributed by atoms with E-state index >= 15 is 0 Å². The minimum Gasteiger partial charge on any atom is -0.411 e. The first kappa shape index (κ1) is 11.6. The van der Waals surface area contributed by atoms with Crippen LogP contribution in [0.25, 0.3) is 0 Å². The second-order valence-electron chi connectivity index (χ2n) is 1.37. The van der Waals surface area contributed by atoms with E-state index in [2.05, 4.69) is 22.0 Å². The minimum absolute atomic E-state index is 0.313. The minimum atomic E-state index is 0.313. The molecule has 0 bridgehead atoms. The maximum Gasteiger partial charge on any atom is 0.101 e. The molecule has 0 saturated carbocycles. The van der Waals surface area contributed by atoms with Gasteiger partial charge in [-0.15, -0.1) is 0 Å². The Morgan fingerprint density at radius 3 is 1.30 bits per heavy atom. The lowest BCUT2D eigenvalue weighted by atomic mass is 10.3. The number of hydrogen-bond donors (Lipinski definition) is 4. The van der Waals surface area contributed by atoms with Crippen molar-refractivity contribution < 1.29 is 10.4 Å². The number of hydrazine groups is 1. The van der Waals surface area contributed by atoms with E-state index in [9.17, 15) is 0 Å². The van der Waals surface area contributed by atoms with Gasteiger partial charge < -0.3 is 10.4 Å². The molecule has 0 spiro atoms. The van der Waals surface area contributed by atoms with Crippen LogP contribution in [0.3, 0.4) is 0 Å². The highest BCUT2D eigenvalue weighted by atomic mass is 16.4. The molecule has 0 aliphatic heterocycles. The van der Waals surface area contributed by atoms with Crippen molar-refractivity contribution in [3.8, 4) is 0 Å². The normalized spacial score (nSPS) is 12.0. The molecule has 0 aliphatic carbocycles. The number of nitrogens with zero attached hydrogens (tertiary/aromatic N) is 2. The topological polar surface area (TPSA) is 117 Å². The molecule has 10 heavy (non-hydrogen) atoms. The monoisotopic (exact) mass is 148 g/mol. The van der Waals surface area contributed by atoms with Crippen LogP contribution in [-0.2, 0) is 0 Å². The summed E-state index contributed by atoms with van der Waals surface area (Å²) in [5.74, 6) is 8.00. The molecule has 0 aromatic rings. The Labute approximate surface area is 58.8 Å². The Morgan fingerprint density at radius 2 is 1.20 bits per heavy atom. The van der Waals surface area contributed by atoms with Crippen molar-refractivity contribution in [2.24, 2.45) is 22.0 Å². The SMILES string of the molecule is CC(=NO)C(C)=NO.NN. The van der Waals surface area contributed by atoms with Crippen molar-refractivity contribution in [2.45, 2.75) is 13.8 Å². The van der Waals surface area contributed by atoms with Crippen molar-refractivity contribution in [3.63, 3.8) is 0 Å². The summed E-state index contributed by atoms with van der Waals surface area (Å²) in [5, 5.41) is 21.6. The van der Waals surface area contributed by atoms with Crippen molar-refractivity contribution >= 4 is 11.4 Å². The van der Waals surface area contributed by atoms with Gasteiger partial charge in [0.05, 0.1) is 0 Å². The zero-order valence-electron chi connectivity index (χ0n) is 5.94. The number of nitrogens with two attached hydrogens (primary N) is 2. The summed E-state index contributed by atoms with van der Waals surface area (Å²) >= 11 is 0. The quantitative estimate of drug-likeness (QED) is 0.173. The van der Waals surface area contributed by atoms with E-state index in [0.717, 1.165) is 0 Å². The maximum atomic E-state index is 8.03. The lowest BCUT2D eigenvalue weighted by Gasteiger charge is -1.88. The summed E-state index contributed by atoms with van der Waals surface area (Å²) in [6.07, 6.45) is 0. The highest BCUT2D eigenvalue weighted by Gasteiger charge is 1.93. The summed E-state index contributed by atoms with van der Waals surface area (Å²) in [6.45, 7) is 3.07. The van der Waals surface area contributed by atoms with Crippen LogP contribution in [0.15, 0.2) is 10.3 Å². The van der Waals surface area contributed by atoms with Gasteiger partial charge in [-0.25, -0.2) is 0 Å². The van der Waals surface area contributed by atoms with Crippen LogP contribution in [-0.4, -0.2) is 21.8 Å². The summed E-state index contributed by atoms with van der Waals surface area (Å²) in [6, 6.07) is 0. The number of oxime groups is 2. The maximum absolute atomic E-state index is 8.03. The first-order valence-corrected chi connectivity index (χ1v) is 2.43. The average Bonchev–Trinajstić information content (AvgIpc) is 2.05. The Bertz CT molecular complexity index is 115. The van der Waals surface area contributed by atoms with E-state index in [-0.39, 0.29) is 0 Å². The molecule has 0 heterocycles. The highest BCUT2D eigenvalue weighted by molar-refractivity contribution is 6.40. The van der Waals surface area contributed by atoms with Crippen molar-refractivity contribution in [1.82, 2.24) is 0 Å². The second-order valence-corrected chi connectivity index (χ2v) is 1.37. The van der Waals surface area contributed by atoms with Gasteiger partial charge in [-0.3, -0.25) is 11.7 Å². The van der Waals surface area contributed by atoms with Gasteiger partial charge in [-0.1, -0.05) is 10.3 Å². The summed E-state index contributed by atoms with van der Waals surface area (Å²) in [4.78, 5) is 0. The third-order valence-corrected chi connectivity index (χ3v) is 0.824. The molecule has 60 valence electrons. The zero-order chi connectivity index (χ0) is 8.57. The van der Waals surface area contributed by atoms with Gasteiger partial charge in [0.25, 0.3) is 0 Å². The van der Waals surface area contributed by atoms with E-state index < -0.39 is 0 Å². The molecule has 0 rings (SSSR count). The molecule has 6 heteroatoms. The highest BCUT2D eigenvalue weighted by Crippen LogP contribution is 1.79. The van der Waals surface area contributed by atoms with Crippen molar-refractivity contribution in [2.75, 3.05) is 0 Å². The van der Waals surface area contributed by atoms with E-state index in [1.807, 2.05) is 0 Å². The number of hydrogen-bond acceptors (Lipinski definition) is 6. The van der Waals surface area contributed by atoms with E-state index in [1.54, 1.807) is 0 Å². The third-order valence-electron chi connectivity index (χ3n) is 0.824. The molecule has 0 aromatic carbocycles. The van der Waals surface area contributed by atoms with Gasteiger partial charge in [0.2, 0.25) is 0 Å². The van der Waals surface area contributed by atoms with Gasteiger partial charge in [0.15, 0.2) is 0 Å². The standard InChI is InChI=1S/C4H8N2O2.H4N2/c1-3(5-7)4(2)6-8;1-2/h7-8H,1-2H3;1-2H2. The van der Waals surface area contributed by atoms with Gasteiger partial charge in [-0.2, -0.15) is 0 Å². The largest absolute Gasteiger partial charge is 0.411 e. The molecule has 0 saturated heterocycles. The van der Waals surface area contributed by atoms with Gasteiger partial charge in [0, 0.05) is 0 Å². The fourth-order valence-corrected chi connectivity index (χ4v) is 0.145. The fraction of sp³-hybridized carbons (Fsp3) is 0.500. The summed E-state index contributed by atoms with van der Waals surface area (Å²) in [7, 11) is 0. The molecule has 0 amide bonds. The zero-order valence-corrected chi connectivity index (χ0v) is 5.94. The van der Waals surface area contributed by atoms with Gasteiger partial charge in [-0.05, 0) is 13.8 Å². The second kappa shape index (κ2) is 7.86. The van der Waals surface area contributed by atoms with E-state index in [1.165, 1.54) is 13.8 Å². The smallest absolute Gasteiger partial charge is 0.101 e. The lowest BCUT2D eigenvalue weighted by Crippen LogP contribution is -2.04. The molecule has 0 atom stereocenters. The Kier molecular flexibility index (Phi) is 9.14. The van der Waals surface area contributed by atoms with Gasteiger partial charge in [0.1, 0.15) is 11.4 Å². The van der Waals surface area contributed by atoms with Crippen LogP contribution in [0, 0.1) is 0 Å². The molecule has 6 N–H and O–H groups in total. The molecule has 0 unspecified atom stereocenters. The molecule has 0 aliphatic rings. The average molecular weight is 148 g/mol. The summed E-state index contributed by atoms with van der Waals surface area (Å²) in [5.41, 5.74) is 0.625. The third kappa shape index (κ3) is 5.01. The summed E-state index contributed by atoms with van der Waals surface area (Å²) < 4.78 is 0. The Hall–Kier alpha value is -1.14. The molecular formula is C4H12N4O2. The first-order chi connectivity index (χ1) is 4.72. The van der Waals surface area contributed by atoms with E-state index in [0.29, 0.717) is 11.4 Å². The molecule has 6 nitrogen and oxygen atoms in total. The van der Waals surface area contributed by atoms with Crippen LogP contribution < -0.4 is 11.7 Å². The number of rotatable bonds is 1. The van der Waals surface area contributed by atoms with E-state index in [4.69, 9.17) is 10.4 Å². The van der Waals surface area contributed by atoms with Crippen molar-refractivity contribution in [3.05, 3.63) is 0 Å². The van der Waals surface area contributed by atoms with Crippen LogP contribution >= 0.6 is 0 Å². The Balaban J connectivity index is 0. The van der Waals surface area contributed by atoms with Crippen LogP contribution in [0.4, 0.5) is 0 Å².